The molecule has 0 radical (unpaired) electrons. The molecule has 5 rings (SSSR count). The molecule has 228 valence electrons. The van der Waals surface area contributed by atoms with E-state index in [-0.39, 0.29) is 43.7 Å². The molecule has 2 aliphatic rings. The van der Waals surface area contributed by atoms with E-state index in [1.807, 2.05) is 5.43 Å². The van der Waals surface area contributed by atoms with Crippen LogP contribution in [0.1, 0.15) is 50.2 Å². The van der Waals surface area contributed by atoms with Gasteiger partial charge in [-0.2, -0.15) is 0 Å². The van der Waals surface area contributed by atoms with E-state index in [9.17, 15) is 37.6 Å². The second-order valence-corrected chi connectivity index (χ2v) is 10.4. The van der Waals surface area contributed by atoms with Crippen LogP contribution in [0.3, 0.4) is 0 Å². The lowest BCUT2D eigenvalue weighted by Gasteiger charge is -2.25. The van der Waals surface area contributed by atoms with E-state index >= 15 is 0 Å². The molecule has 0 bridgehead atoms. The molecule has 2 heterocycles. The Morgan fingerprint density at radius 3 is 2.07 bits per heavy atom. The number of halogens is 3. The van der Waals surface area contributed by atoms with Crippen molar-refractivity contribution in [3.05, 3.63) is 93.8 Å². The standard InChI is InChI=1S/C28H27B2F3N4O7/c31-19-10-23(32)20(24(33)11-19)12-37(28(40)16-4-6-22-18(9-16)14-44-30(22)42)7-1-2-25(27(39)36-34)35-26(38)15-3-5-21-17(8-15)13-43-29(21)41/h3-6,8-11,25,41-42H,1-2,7,12-14,34H2,(H,35,38)(H,36,39)/t25-/m0/s1. The van der Waals surface area contributed by atoms with Crippen molar-refractivity contribution in [2.24, 2.45) is 5.84 Å². The zero-order valence-corrected chi connectivity index (χ0v) is 23.2. The molecule has 0 spiro atoms. The number of hydrogen-bond donors (Lipinski definition) is 5. The number of rotatable bonds is 10. The molecule has 0 unspecified atom stereocenters. The van der Waals surface area contributed by atoms with Crippen LogP contribution in [0.2, 0.25) is 0 Å². The molecule has 3 aromatic carbocycles. The fourth-order valence-electron chi connectivity index (χ4n) is 5.18. The maximum Gasteiger partial charge on any atom is 0.491 e. The Labute approximate surface area is 250 Å². The summed E-state index contributed by atoms with van der Waals surface area (Å²) in [5.41, 5.74) is 4.02. The van der Waals surface area contributed by atoms with Crippen LogP contribution in [0.25, 0.3) is 0 Å². The molecule has 0 saturated carbocycles. The van der Waals surface area contributed by atoms with Gasteiger partial charge in [-0.25, -0.2) is 19.0 Å². The van der Waals surface area contributed by atoms with Crippen LogP contribution in [0.5, 0.6) is 0 Å². The third kappa shape index (κ3) is 6.64. The minimum Gasteiger partial charge on any atom is -0.423 e. The smallest absolute Gasteiger partial charge is 0.423 e. The number of carbonyl (C=O) groups is 3. The van der Waals surface area contributed by atoms with Gasteiger partial charge in [0.1, 0.15) is 23.5 Å². The number of fused-ring (bicyclic) bond motifs is 2. The van der Waals surface area contributed by atoms with Gasteiger partial charge in [0, 0.05) is 35.4 Å². The summed E-state index contributed by atoms with van der Waals surface area (Å²) in [5.74, 6) is -0.0749. The Balaban J connectivity index is 1.32. The van der Waals surface area contributed by atoms with E-state index in [0.29, 0.717) is 34.2 Å². The lowest BCUT2D eigenvalue weighted by atomic mass is 9.79. The van der Waals surface area contributed by atoms with Crippen LogP contribution < -0.4 is 27.5 Å². The fraction of sp³-hybridized carbons (Fsp3) is 0.250. The maximum absolute atomic E-state index is 14.6. The predicted octanol–water partition coefficient (Wildman–Crippen LogP) is -0.250. The second-order valence-electron chi connectivity index (χ2n) is 10.4. The molecule has 0 saturated heterocycles. The summed E-state index contributed by atoms with van der Waals surface area (Å²) in [6.07, 6.45) is 0.0510. The van der Waals surface area contributed by atoms with Gasteiger partial charge in [-0.05, 0) is 59.2 Å². The van der Waals surface area contributed by atoms with Crippen molar-refractivity contribution in [3.63, 3.8) is 0 Å². The third-order valence-corrected chi connectivity index (χ3v) is 7.55. The van der Waals surface area contributed by atoms with Gasteiger partial charge in [-0.3, -0.25) is 19.8 Å². The largest absolute Gasteiger partial charge is 0.491 e. The fourth-order valence-corrected chi connectivity index (χ4v) is 5.18. The number of nitrogens with one attached hydrogen (secondary N) is 2. The van der Waals surface area contributed by atoms with Gasteiger partial charge in [-0.15, -0.1) is 0 Å². The van der Waals surface area contributed by atoms with Gasteiger partial charge in [0.15, 0.2) is 0 Å². The van der Waals surface area contributed by atoms with Crippen LogP contribution in [0, 0.1) is 17.5 Å². The average molecular weight is 610 g/mol. The lowest BCUT2D eigenvalue weighted by molar-refractivity contribution is -0.123. The van der Waals surface area contributed by atoms with Gasteiger partial charge in [0.2, 0.25) is 0 Å². The van der Waals surface area contributed by atoms with E-state index in [1.54, 1.807) is 6.07 Å². The van der Waals surface area contributed by atoms with Crippen molar-refractivity contribution in [1.29, 1.82) is 0 Å². The summed E-state index contributed by atoms with van der Waals surface area (Å²) in [7, 11) is -2.22. The van der Waals surface area contributed by atoms with Crippen LogP contribution in [0.15, 0.2) is 48.5 Å². The zero-order valence-electron chi connectivity index (χ0n) is 23.2. The summed E-state index contributed by atoms with van der Waals surface area (Å²) in [6, 6.07) is 8.89. The molecule has 0 fully saturated rings. The van der Waals surface area contributed by atoms with E-state index in [2.05, 4.69) is 5.32 Å². The summed E-state index contributed by atoms with van der Waals surface area (Å²) in [6.45, 7) is -0.507. The second kappa shape index (κ2) is 13.2. The first-order chi connectivity index (χ1) is 21.0. The number of nitrogens with zero attached hydrogens (tertiary/aromatic N) is 1. The number of nitrogens with two attached hydrogens (primary N) is 1. The van der Waals surface area contributed by atoms with Crippen LogP contribution in [-0.4, -0.2) is 59.5 Å². The highest BCUT2D eigenvalue weighted by Crippen LogP contribution is 2.21. The van der Waals surface area contributed by atoms with E-state index in [1.165, 1.54) is 30.3 Å². The number of benzene rings is 3. The van der Waals surface area contributed by atoms with E-state index < -0.39 is 67.6 Å². The van der Waals surface area contributed by atoms with Crippen molar-refractivity contribution >= 4 is 42.9 Å². The van der Waals surface area contributed by atoms with Crippen molar-refractivity contribution in [2.75, 3.05) is 6.54 Å². The van der Waals surface area contributed by atoms with Gasteiger partial charge < -0.3 is 29.6 Å². The Hall–Kier alpha value is -4.21. The minimum absolute atomic E-state index is 0.0239. The highest BCUT2D eigenvalue weighted by Gasteiger charge is 2.30. The molecule has 0 aromatic heterocycles. The molecule has 16 heteroatoms. The number of hydrogen-bond acceptors (Lipinski definition) is 8. The Morgan fingerprint density at radius 2 is 1.48 bits per heavy atom. The van der Waals surface area contributed by atoms with Crippen molar-refractivity contribution < 1.29 is 46.9 Å². The van der Waals surface area contributed by atoms with Gasteiger partial charge >= 0.3 is 14.2 Å². The number of amides is 3. The zero-order chi connectivity index (χ0) is 31.5. The van der Waals surface area contributed by atoms with Gasteiger partial charge in [0.05, 0.1) is 19.8 Å². The normalized spacial score (nSPS) is 14.2. The number of hydrazine groups is 1. The van der Waals surface area contributed by atoms with Crippen molar-refractivity contribution in [3.8, 4) is 0 Å². The Kier molecular flexibility index (Phi) is 9.36. The molecule has 3 aromatic rings. The van der Waals surface area contributed by atoms with Crippen LogP contribution in [-0.2, 0) is 33.9 Å². The minimum atomic E-state index is -1.18. The summed E-state index contributed by atoms with van der Waals surface area (Å²) >= 11 is 0. The highest BCUT2D eigenvalue weighted by molar-refractivity contribution is 6.62. The molecule has 1 atom stereocenters. The molecular weight excluding hydrogens is 583 g/mol. The molecular formula is C28H27B2F3N4O7. The predicted molar refractivity (Wildman–Crippen MR) is 152 cm³/mol. The first kappa shape index (κ1) is 31.2. The average Bonchev–Trinajstić information content (AvgIpc) is 3.57. The molecule has 2 aliphatic heterocycles. The van der Waals surface area contributed by atoms with E-state index in [4.69, 9.17) is 15.2 Å². The van der Waals surface area contributed by atoms with Crippen molar-refractivity contribution in [2.45, 2.75) is 38.6 Å². The summed E-state index contributed by atoms with van der Waals surface area (Å²) in [5, 5.41) is 22.3. The quantitative estimate of drug-likeness (QED) is 0.0909. The number of carbonyl (C=O) groups excluding carboxylic acids is 3. The van der Waals surface area contributed by atoms with Gasteiger partial charge in [0.25, 0.3) is 17.7 Å². The van der Waals surface area contributed by atoms with Crippen LogP contribution in [0.4, 0.5) is 13.2 Å². The third-order valence-electron chi connectivity index (χ3n) is 7.55. The molecule has 6 N–H and O–H groups in total. The molecule has 44 heavy (non-hydrogen) atoms. The van der Waals surface area contributed by atoms with E-state index in [0.717, 1.165) is 4.90 Å². The van der Waals surface area contributed by atoms with Gasteiger partial charge in [-0.1, -0.05) is 12.1 Å². The first-order valence-electron chi connectivity index (χ1n) is 13.6. The SMILES string of the molecule is NNC(=O)[C@H](CCCN(Cc1c(F)cc(F)cc1F)C(=O)c1ccc2c(c1)COB2O)NC(=O)c1ccc2c(c1)COB2O. The Bertz CT molecular complexity index is 1590. The summed E-state index contributed by atoms with van der Waals surface area (Å²) < 4.78 is 53.0. The lowest BCUT2D eigenvalue weighted by Crippen LogP contribution is -2.49. The highest BCUT2D eigenvalue weighted by atomic mass is 19.1. The topological polar surface area (TPSA) is 163 Å². The van der Waals surface area contributed by atoms with Crippen LogP contribution >= 0.6 is 0 Å². The molecule has 11 nitrogen and oxygen atoms in total. The molecule has 0 aliphatic carbocycles. The van der Waals surface area contributed by atoms with Crippen molar-refractivity contribution in [1.82, 2.24) is 15.6 Å². The summed E-state index contributed by atoms with van der Waals surface area (Å²) in [4.78, 5) is 40.2. The maximum atomic E-state index is 14.6. The monoisotopic (exact) mass is 610 g/mol. The molecule has 3 amide bonds. The first-order valence-corrected chi connectivity index (χ1v) is 13.6. The Morgan fingerprint density at radius 1 is 0.909 bits per heavy atom.